The summed E-state index contributed by atoms with van der Waals surface area (Å²) in [4.78, 5) is 0. The van der Waals surface area contributed by atoms with Gasteiger partial charge in [-0.25, -0.2) is 0 Å². The highest BCUT2D eigenvalue weighted by Gasteiger charge is 2.44. The van der Waals surface area contributed by atoms with Crippen molar-refractivity contribution in [1.29, 1.82) is 0 Å². The standard InChI is InChI=1S/C62H78N2/c1-3-15-47(16-4-1)61(49-31-27-43(28-32-49)45-35-39-51(40-36-45)63-57-23-11-7-19-53(57)54-20-8-12-24-58(54)63)62(48-17-5-2-6-18-48)50-33-29-44(30-34-50)46-37-41-52(42-38-46)64-59-25-13-9-21-55(59)56-22-10-14-26-60(56)64/h1-3,5,7-10,19-22,27,29,31,33,35,39,43-52,61-62H,4,6,11-18,23-26,28,30,32,34,36-38,40-42H2. The largest absolute Gasteiger partial charge is 0.344 e. The van der Waals surface area contributed by atoms with Crippen LogP contribution in [0.1, 0.15) is 186 Å². The van der Waals surface area contributed by atoms with Gasteiger partial charge in [0, 0.05) is 51.1 Å². The fourth-order valence-corrected chi connectivity index (χ4v) is 16.3. The van der Waals surface area contributed by atoms with Gasteiger partial charge in [0.05, 0.1) is 6.04 Å². The molecule has 0 bridgehead atoms. The average Bonchev–Trinajstić information content (AvgIpc) is 3.90. The van der Waals surface area contributed by atoms with Gasteiger partial charge < -0.3 is 9.13 Å². The summed E-state index contributed by atoms with van der Waals surface area (Å²) >= 11 is 0. The third-order valence-corrected chi connectivity index (χ3v) is 19.3. The molecule has 1 saturated carbocycles. The Morgan fingerprint density at radius 1 is 0.359 bits per heavy atom. The number of allylic oxidation sites excluding steroid dienone is 14. The van der Waals surface area contributed by atoms with E-state index in [9.17, 15) is 0 Å². The second kappa shape index (κ2) is 18.5. The number of nitrogens with zero attached hydrogens (tertiary/aromatic N) is 2. The van der Waals surface area contributed by atoms with Gasteiger partial charge in [-0.05, 0) is 213 Å². The van der Waals surface area contributed by atoms with Crippen LogP contribution in [0.5, 0.6) is 0 Å². The van der Waals surface area contributed by atoms with E-state index in [0.29, 0.717) is 23.9 Å². The fraction of sp³-hybridized carbons (Fsp3) is 0.581. The molecule has 10 atom stereocenters. The van der Waals surface area contributed by atoms with Crippen LogP contribution in [-0.2, 0) is 25.7 Å². The van der Waals surface area contributed by atoms with Crippen LogP contribution in [-0.4, -0.2) is 9.13 Å². The van der Waals surface area contributed by atoms with E-state index < -0.39 is 0 Å². The maximum atomic E-state index is 2.89. The second-order valence-electron chi connectivity index (χ2n) is 22.5. The van der Waals surface area contributed by atoms with Crippen molar-refractivity contribution < 1.29 is 0 Å². The first-order valence-corrected chi connectivity index (χ1v) is 27.3. The average molecular weight is 851 g/mol. The summed E-state index contributed by atoms with van der Waals surface area (Å²) in [5, 5.41) is 0. The Hall–Kier alpha value is -3.78. The maximum Gasteiger partial charge on any atom is 0.0516 e. The Kier molecular flexibility index (Phi) is 12.0. The second-order valence-corrected chi connectivity index (χ2v) is 22.5. The molecule has 0 saturated heterocycles. The molecule has 0 N–H and O–H groups in total. The molecule has 0 aromatic carbocycles. The molecule has 12 rings (SSSR count). The lowest BCUT2D eigenvalue weighted by Gasteiger charge is -2.48. The summed E-state index contributed by atoms with van der Waals surface area (Å²) in [5.41, 5.74) is 12.7. The first-order valence-electron chi connectivity index (χ1n) is 27.3. The number of fused-ring (bicyclic) bond motifs is 6. The number of hydrogen-bond donors (Lipinski definition) is 0. The van der Waals surface area contributed by atoms with Crippen molar-refractivity contribution in [2.75, 3.05) is 0 Å². The predicted octanol–water partition coefficient (Wildman–Crippen LogP) is 16.2. The maximum absolute atomic E-state index is 2.89. The highest BCUT2D eigenvalue weighted by atomic mass is 15.0. The first kappa shape index (κ1) is 41.6. The third kappa shape index (κ3) is 7.81. The number of rotatable bonds is 9. The third-order valence-electron chi connectivity index (χ3n) is 19.3. The van der Waals surface area contributed by atoms with Crippen molar-refractivity contribution in [1.82, 2.24) is 9.13 Å². The summed E-state index contributed by atoms with van der Waals surface area (Å²) in [5.74, 6) is 7.86. The lowest BCUT2D eigenvalue weighted by molar-refractivity contribution is 0.0548. The van der Waals surface area contributed by atoms with Crippen molar-refractivity contribution in [2.24, 2.45) is 59.2 Å². The van der Waals surface area contributed by atoms with Gasteiger partial charge >= 0.3 is 0 Å². The van der Waals surface area contributed by atoms with E-state index in [4.69, 9.17) is 0 Å². The topological polar surface area (TPSA) is 9.86 Å². The lowest BCUT2D eigenvalue weighted by atomic mass is 9.57. The van der Waals surface area contributed by atoms with Crippen LogP contribution in [0.15, 0.2) is 85.1 Å². The molecule has 64 heavy (non-hydrogen) atoms. The van der Waals surface area contributed by atoms with Crippen molar-refractivity contribution >= 4 is 24.3 Å². The molecule has 1 fully saturated rings. The van der Waals surface area contributed by atoms with E-state index in [2.05, 4.69) is 119 Å². The van der Waals surface area contributed by atoms with Crippen LogP contribution in [0.2, 0.25) is 0 Å². The predicted molar refractivity (Wildman–Crippen MR) is 271 cm³/mol. The molecule has 0 radical (unpaired) electrons. The minimum atomic E-state index is 0.537. The molecule has 0 spiro atoms. The molecule has 336 valence electrons. The van der Waals surface area contributed by atoms with Gasteiger partial charge in [0.25, 0.3) is 0 Å². The van der Waals surface area contributed by atoms with Crippen molar-refractivity contribution in [2.45, 2.75) is 166 Å². The van der Waals surface area contributed by atoms with Crippen LogP contribution < -0.4 is 0 Å². The molecule has 2 aromatic rings. The van der Waals surface area contributed by atoms with Gasteiger partial charge in [0.1, 0.15) is 0 Å². The summed E-state index contributed by atoms with van der Waals surface area (Å²) < 4.78 is 5.71. The molecule has 0 amide bonds. The molecule has 2 nitrogen and oxygen atoms in total. The SMILES string of the molecule is C1=Cc2c3c(n(C4C=CC(C5C=CC(C(C6CC=CCC6)C(C6C=CC(C7CCC(n8c9c(c%10c8CCC=C%10)C=CCC9)CC7)CC6)C6CC=CCC6)CC5)CC4)c2CC1)CCC=C3. The Labute approximate surface area is 387 Å². The molecule has 2 heterocycles. The van der Waals surface area contributed by atoms with Crippen LogP contribution >= 0.6 is 0 Å². The number of hydrogen-bond acceptors (Lipinski definition) is 0. The van der Waals surface area contributed by atoms with Crippen LogP contribution in [0.25, 0.3) is 24.3 Å². The lowest BCUT2D eigenvalue weighted by Crippen LogP contribution is -2.41. The van der Waals surface area contributed by atoms with E-state index in [1.54, 1.807) is 33.9 Å². The first-order chi connectivity index (χ1) is 31.8. The zero-order valence-electron chi connectivity index (χ0n) is 39.2. The molecule has 2 aromatic heterocycles. The van der Waals surface area contributed by atoms with Crippen molar-refractivity contribution in [3.8, 4) is 0 Å². The quantitative estimate of drug-likeness (QED) is 0.223. The Balaban J connectivity index is 0.748. The molecule has 2 heteroatoms. The van der Waals surface area contributed by atoms with Crippen LogP contribution in [0.3, 0.4) is 0 Å². The van der Waals surface area contributed by atoms with E-state index in [1.807, 2.05) is 0 Å². The van der Waals surface area contributed by atoms with Gasteiger partial charge in [0.15, 0.2) is 0 Å². The highest BCUT2D eigenvalue weighted by molar-refractivity contribution is 5.73. The highest BCUT2D eigenvalue weighted by Crippen LogP contribution is 2.53. The molecular weight excluding hydrogens is 773 g/mol. The number of aromatic nitrogens is 2. The Bertz CT molecular complexity index is 2220. The van der Waals surface area contributed by atoms with Gasteiger partial charge in [0.2, 0.25) is 0 Å². The zero-order chi connectivity index (χ0) is 42.4. The molecule has 10 aliphatic carbocycles. The Morgan fingerprint density at radius 3 is 1.23 bits per heavy atom. The minimum absolute atomic E-state index is 0.537. The monoisotopic (exact) mass is 851 g/mol. The summed E-state index contributed by atoms with van der Waals surface area (Å²) in [6, 6.07) is 1.25. The summed E-state index contributed by atoms with van der Waals surface area (Å²) in [6.07, 6.45) is 77.8. The van der Waals surface area contributed by atoms with Gasteiger partial charge in [-0.15, -0.1) is 0 Å². The van der Waals surface area contributed by atoms with E-state index in [0.717, 1.165) is 47.3 Å². The molecule has 10 aliphatic rings. The summed E-state index contributed by atoms with van der Waals surface area (Å²) in [6.45, 7) is 0. The molecular formula is C62H78N2. The van der Waals surface area contributed by atoms with Crippen molar-refractivity contribution in [3.63, 3.8) is 0 Å². The van der Waals surface area contributed by atoms with Crippen LogP contribution in [0, 0.1) is 59.2 Å². The normalized spacial score (nSPS) is 34.9. The Morgan fingerprint density at radius 2 is 0.812 bits per heavy atom. The van der Waals surface area contributed by atoms with Gasteiger partial charge in [-0.3, -0.25) is 0 Å². The summed E-state index contributed by atoms with van der Waals surface area (Å²) in [7, 11) is 0. The smallest absolute Gasteiger partial charge is 0.0516 e. The van der Waals surface area contributed by atoms with E-state index in [1.165, 1.54) is 165 Å². The minimum Gasteiger partial charge on any atom is -0.344 e. The zero-order valence-corrected chi connectivity index (χ0v) is 39.2. The van der Waals surface area contributed by atoms with Gasteiger partial charge in [-0.1, -0.05) is 109 Å². The van der Waals surface area contributed by atoms with Crippen LogP contribution in [0.4, 0.5) is 0 Å². The van der Waals surface area contributed by atoms with E-state index >= 15 is 0 Å². The molecule has 10 unspecified atom stereocenters. The van der Waals surface area contributed by atoms with Gasteiger partial charge in [-0.2, -0.15) is 0 Å². The fourth-order valence-electron chi connectivity index (χ4n) is 16.3. The van der Waals surface area contributed by atoms with Crippen molar-refractivity contribution in [3.05, 3.63) is 130 Å². The molecule has 0 aliphatic heterocycles. The van der Waals surface area contributed by atoms with E-state index in [-0.39, 0.29) is 0 Å².